The molecule has 0 bridgehead atoms. The minimum absolute atomic E-state index is 0.221. The first-order chi connectivity index (χ1) is 53.9. The van der Waals surface area contributed by atoms with Gasteiger partial charge < -0.3 is 89.6 Å². The van der Waals surface area contributed by atoms with Crippen LogP contribution in [0.2, 0.25) is 0 Å². The van der Waals surface area contributed by atoms with Crippen molar-refractivity contribution in [3.05, 3.63) is 132 Å². The lowest BCUT2D eigenvalue weighted by atomic mass is 9.85. The van der Waals surface area contributed by atoms with Crippen molar-refractivity contribution in [1.82, 2.24) is 0 Å². The number of phosphoric acid groups is 2. The first kappa shape index (κ1) is 110. The van der Waals surface area contributed by atoms with Crippen LogP contribution in [0.15, 0.2) is 121 Å². The van der Waals surface area contributed by atoms with E-state index in [1.807, 2.05) is 100 Å². The molecule has 0 aliphatic rings. The van der Waals surface area contributed by atoms with Gasteiger partial charge in [0.2, 0.25) is 0 Å². The van der Waals surface area contributed by atoms with Crippen molar-refractivity contribution in [2.45, 2.75) is 369 Å². The van der Waals surface area contributed by atoms with Crippen LogP contribution in [-0.4, -0.2) is 166 Å². The SMILES string of the molecule is CC(C)(CCC(O)CCC(O)CCC(C)(C)C(=O)OCc1ccccc1)C(=O)OCc1ccccc1.CC(C)(CCC(O)CCC(O)CCC(C)(C)C(=O)Oc1ccccc1)C(=O)Oc1ccccc1.CC(C)(CCC(O)CCC(O)CCC(C)(C)OP(=O)(O)O)OP(=O)(O)O.CC(C)(O)CCCC(O)CCCC(O)CCCC(C)(C)O. The van der Waals surface area contributed by atoms with Gasteiger partial charge in [-0.1, -0.05) is 97.1 Å². The molecular formula is C89H148O26P2. The summed E-state index contributed by atoms with van der Waals surface area (Å²) in [4.78, 5) is 85.3. The minimum atomic E-state index is -4.61. The molecule has 0 aliphatic heterocycles. The van der Waals surface area contributed by atoms with Crippen molar-refractivity contribution >= 4 is 39.5 Å². The Hall–Kier alpha value is -5.42. The summed E-state index contributed by atoms with van der Waals surface area (Å²) in [6.45, 7) is 28.1. The van der Waals surface area contributed by atoms with E-state index in [-0.39, 0.29) is 87.8 Å². The second-order valence-corrected chi connectivity index (χ2v) is 38.6. The van der Waals surface area contributed by atoms with E-state index in [9.17, 15) is 79.4 Å². The van der Waals surface area contributed by atoms with E-state index in [4.69, 9.17) is 38.5 Å². The molecule has 0 aromatic heterocycles. The Balaban J connectivity index is 0.000000796. The third kappa shape index (κ3) is 56.7. The predicted octanol–water partition coefficient (Wildman–Crippen LogP) is 15.5. The van der Waals surface area contributed by atoms with E-state index in [0.29, 0.717) is 127 Å². The van der Waals surface area contributed by atoms with Crippen LogP contribution in [0.5, 0.6) is 11.5 Å². The topological polar surface area (TPSA) is 441 Å². The molecule has 0 fully saturated rings. The summed E-state index contributed by atoms with van der Waals surface area (Å²) in [5, 5.41) is 100. The van der Waals surface area contributed by atoms with E-state index >= 15 is 0 Å². The highest BCUT2D eigenvalue weighted by atomic mass is 31.2. The number of aliphatic hydroxyl groups is 10. The fourth-order valence-corrected chi connectivity index (χ4v) is 13.5. The summed E-state index contributed by atoms with van der Waals surface area (Å²) < 4.78 is 52.8. The van der Waals surface area contributed by atoms with E-state index in [0.717, 1.165) is 30.4 Å². The van der Waals surface area contributed by atoms with Crippen LogP contribution >= 0.6 is 15.6 Å². The Bertz CT molecular complexity index is 3220. The summed E-state index contributed by atoms with van der Waals surface area (Å²) >= 11 is 0. The van der Waals surface area contributed by atoms with Crippen LogP contribution in [-0.2, 0) is 60.0 Å². The van der Waals surface area contributed by atoms with E-state index in [1.165, 1.54) is 27.7 Å². The molecule has 28 heteroatoms. The molecule has 0 amide bonds. The van der Waals surface area contributed by atoms with Gasteiger partial charge >= 0.3 is 39.5 Å². The highest BCUT2D eigenvalue weighted by Crippen LogP contribution is 2.44. The molecule has 4 aromatic carbocycles. The fourth-order valence-electron chi connectivity index (χ4n) is 12.0. The van der Waals surface area contributed by atoms with Crippen LogP contribution in [0.25, 0.3) is 0 Å². The second-order valence-electron chi connectivity index (χ2n) is 36.3. The van der Waals surface area contributed by atoms with Gasteiger partial charge in [-0.25, -0.2) is 9.13 Å². The quantitative estimate of drug-likeness (QED) is 0.0111. The van der Waals surface area contributed by atoms with Crippen molar-refractivity contribution in [2.75, 3.05) is 0 Å². The lowest BCUT2D eigenvalue weighted by Gasteiger charge is -2.27. The van der Waals surface area contributed by atoms with Gasteiger partial charge in [0.15, 0.2) is 0 Å². The van der Waals surface area contributed by atoms with Gasteiger partial charge in [-0.05, 0) is 320 Å². The molecule has 0 spiro atoms. The molecule has 117 heavy (non-hydrogen) atoms. The number of hydrogen-bond acceptors (Lipinski definition) is 22. The van der Waals surface area contributed by atoms with Crippen molar-refractivity contribution in [3.8, 4) is 11.5 Å². The van der Waals surface area contributed by atoms with Crippen molar-refractivity contribution < 1.29 is 127 Å². The van der Waals surface area contributed by atoms with E-state index < -0.39 is 96.3 Å². The summed E-state index contributed by atoms with van der Waals surface area (Å²) in [6.07, 6.45) is 8.74. The largest absolute Gasteiger partial charge is 0.470 e. The Morgan fingerprint density at radius 3 is 0.744 bits per heavy atom. The van der Waals surface area contributed by atoms with Gasteiger partial charge in [0.05, 0.1) is 92.9 Å². The molecule has 14 N–H and O–H groups in total. The summed E-state index contributed by atoms with van der Waals surface area (Å²) in [5.74, 6) is -0.259. The zero-order valence-corrected chi connectivity index (χ0v) is 74.5. The normalized spacial score (nSPS) is 14.7. The number of hydrogen-bond donors (Lipinski definition) is 14. The highest BCUT2D eigenvalue weighted by Gasteiger charge is 2.36. The number of carbonyl (C=O) groups is 4. The van der Waals surface area contributed by atoms with Gasteiger partial charge in [0.1, 0.15) is 24.7 Å². The molecule has 8 atom stereocenters. The summed E-state index contributed by atoms with van der Waals surface area (Å²) in [5.41, 5.74) is -4.53. The zero-order valence-electron chi connectivity index (χ0n) is 72.7. The lowest BCUT2D eigenvalue weighted by molar-refractivity contribution is -0.157. The van der Waals surface area contributed by atoms with Crippen molar-refractivity contribution in [2.24, 2.45) is 21.7 Å². The molecule has 0 radical (unpaired) electrons. The van der Waals surface area contributed by atoms with Crippen LogP contribution in [0.3, 0.4) is 0 Å². The molecule has 4 rings (SSSR count). The molecule has 0 saturated carbocycles. The Kier molecular flexibility index (Phi) is 50.1. The van der Waals surface area contributed by atoms with Crippen molar-refractivity contribution in [3.63, 3.8) is 0 Å². The van der Waals surface area contributed by atoms with Crippen LogP contribution < -0.4 is 9.47 Å². The maximum absolute atomic E-state index is 12.5. The monoisotopic (exact) mass is 1690 g/mol. The number of benzene rings is 4. The number of esters is 4. The van der Waals surface area contributed by atoms with Gasteiger partial charge in [0.25, 0.3) is 0 Å². The molecule has 0 aliphatic carbocycles. The molecule has 0 heterocycles. The van der Waals surface area contributed by atoms with Gasteiger partial charge in [0, 0.05) is 0 Å². The predicted molar refractivity (Wildman–Crippen MR) is 451 cm³/mol. The maximum Gasteiger partial charge on any atom is 0.470 e. The van der Waals surface area contributed by atoms with E-state index in [2.05, 4.69) is 9.05 Å². The zero-order chi connectivity index (χ0) is 89.1. The number of phosphoric ester groups is 2. The average Bonchev–Trinajstić information content (AvgIpc) is 0.878. The summed E-state index contributed by atoms with van der Waals surface area (Å²) in [6, 6.07) is 36.9. The maximum atomic E-state index is 12.5. The van der Waals surface area contributed by atoms with Gasteiger partial charge in [-0.15, -0.1) is 0 Å². The second kappa shape index (κ2) is 53.5. The molecule has 26 nitrogen and oxygen atoms in total. The number of ether oxygens (including phenoxy) is 4. The average molecular weight is 1700 g/mol. The number of para-hydroxylation sites is 2. The number of rotatable bonds is 53. The molecule has 8 unspecified atom stereocenters. The lowest BCUT2D eigenvalue weighted by Crippen LogP contribution is -2.31. The van der Waals surface area contributed by atoms with Crippen LogP contribution in [0.4, 0.5) is 0 Å². The van der Waals surface area contributed by atoms with Gasteiger partial charge in [-0.2, -0.15) is 0 Å². The van der Waals surface area contributed by atoms with E-state index in [1.54, 1.807) is 104 Å². The Morgan fingerprint density at radius 1 is 0.291 bits per heavy atom. The van der Waals surface area contributed by atoms with Gasteiger partial charge in [-0.3, -0.25) is 28.2 Å². The summed E-state index contributed by atoms with van der Waals surface area (Å²) in [7, 11) is -9.21. The number of carbonyl (C=O) groups excluding carboxylic acids is 4. The van der Waals surface area contributed by atoms with Crippen LogP contribution in [0, 0.1) is 21.7 Å². The van der Waals surface area contributed by atoms with Crippen LogP contribution in [0.1, 0.15) is 295 Å². The Morgan fingerprint density at radius 2 is 0.504 bits per heavy atom. The fraction of sp³-hybridized carbons (Fsp3) is 0.685. The first-order valence-corrected chi connectivity index (χ1v) is 44.3. The standard InChI is InChI=1S/C30H42O6.C28H38O6.C17H36O4.C14H32O10P2/c1-29(2,27(33)35-21-23-11-7-5-8-12-23)19-17-25(31)15-16-26(32)18-20-30(3,4)28(34)36-22-24-13-9-6-10-14-24;1-27(2,25(31)33-23-11-7-5-8-12-23)19-17-21(29)15-16-22(30)18-20-28(3,4)26(32)34-24-13-9-6-10-14-24;1-16(2,20)12-6-10-14(18)8-5-9-15(19)11-7-13-17(3,4)21;1-13(2,23-25(17,18)19)9-7-11(15)5-6-12(16)8-10-14(3,4)24-26(20,21)22/h5-14,25-26,31-32H,15-22H2,1-4H3;5-14,21-22,29-30H,15-20H2,1-4H3;14-15,18-21H,5-13H2,1-4H3;11-12,15-16H,5-10H2,1-4H3,(H2,17,18,19)(H2,20,21,22). The van der Waals surface area contributed by atoms with Crippen molar-refractivity contribution in [1.29, 1.82) is 0 Å². The smallest absolute Gasteiger partial charge is 0.460 e. The molecule has 4 aromatic rings. The Labute approximate surface area is 697 Å². The third-order valence-corrected chi connectivity index (χ3v) is 21.5. The number of aliphatic hydroxyl groups excluding tert-OH is 8. The minimum Gasteiger partial charge on any atom is -0.460 e. The molecular weight excluding hydrogens is 1550 g/mol. The first-order valence-electron chi connectivity index (χ1n) is 41.3. The molecule has 0 saturated heterocycles. The molecule has 670 valence electrons. The third-order valence-electron chi connectivity index (χ3n) is 20.1. The highest BCUT2D eigenvalue weighted by molar-refractivity contribution is 7.46.